The number of aryl methyl sites for hydroxylation is 3. The minimum absolute atomic E-state index is 0.118. The molecule has 0 spiro atoms. The number of para-hydroxylation sites is 1. The summed E-state index contributed by atoms with van der Waals surface area (Å²) in [5.74, 6) is -2.51. The van der Waals surface area contributed by atoms with E-state index in [2.05, 4.69) is 18.4 Å². The van der Waals surface area contributed by atoms with Gasteiger partial charge in [-0.1, -0.05) is 18.2 Å². The summed E-state index contributed by atoms with van der Waals surface area (Å²) in [5.41, 5.74) is 10.2. The molecule has 0 bridgehead atoms. The van der Waals surface area contributed by atoms with Crippen molar-refractivity contribution in [2.75, 3.05) is 6.54 Å². The molecule has 0 aliphatic carbocycles. The zero-order chi connectivity index (χ0) is 21.6. The van der Waals surface area contributed by atoms with Gasteiger partial charge in [0.2, 0.25) is 0 Å². The maximum Gasteiger partial charge on any atom is 0.328 e. The van der Waals surface area contributed by atoms with Gasteiger partial charge in [0.05, 0.1) is 11.0 Å². The standard InChI is InChI=1S/C18H20N2O.C4H4O4/c1-12-8-9-15-17(13(12)2)20(11-5-10-19)16-7-4-3-6-14(16)18(15)21;5-3(6)1-2-4(7)8/h3-4,6-9H,5,10-11,19H2,1-2H3;1-2H,(H,5,6)(H,7,8)/b;2-1-. The fourth-order valence-corrected chi connectivity index (χ4v) is 3.12. The number of nitrogens with two attached hydrogens (primary N) is 1. The summed E-state index contributed by atoms with van der Waals surface area (Å²) in [4.78, 5) is 31.8. The third-order valence-corrected chi connectivity index (χ3v) is 4.61. The normalized spacial score (nSPS) is 10.9. The van der Waals surface area contributed by atoms with Crippen molar-refractivity contribution in [2.45, 2.75) is 26.8 Å². The first-order valence-electron chi connectivity index (χ1n) is 9.13. The number of hydrogen-bond donors (Lipinski definition) is 3. The van der Waals surface area contributed by atoms with Crippen LogP contribution in [0.15, 0.2) is 53.3 Å². The molecule has 0 amide bonds. The quantitative estimate of drug-likeness (QED) is 0.450. The van der Waals surface area contributed by atoms with Crippen molar-refractivity contribution < 1.29 is 19.8 Å². The number of carbonyl (C=O) groups is 2. The first-order valence-corrected chi connectivity index (χ1v) is 9.13. The number of hydrogen-bond acceptors (Lipinski definition) is 4. The summed E-state index contributed by atoms with van der Waals surface area (Å²) < 4.78 is 2.25. The highest BCUT2D eigenvalue weighted by Crippen LogP contribution is 2.24. The van der Waals surface area contributed by atoms with Crippen LogP contribution in [0.25, 0.3) is 21.8 Å². The van der Waals surface area contributed by atoms with Crippen LogP contribution in [-0.2, 0) is 16.1 Å². The topological polar surface area (TPSA) is 123 Å². The summed E-state index contributed by atoms with van der Waals surface area (Å²) in [5, 5.41) is 17.2. The summed E-state index contributed by atoms with van der Waals surface area (Å²) in [7, 11) is 0. The molecular formula is C22H24N2O5. The van der Waals surface area contributed by atoms with Crippen molar-refractivity contribution in [2.24, 2.45) is 5.73 Å². The van der Waals surface area contributed by atoms with Crippen LogP contribution in [0.4, 0.5) is 0 Å². The van der Waals surface area contributed by atoms with E-state index >= 15 is 0 Å². The average molecular weight is 396 g/mol. The Morgan fingerprint density at radius 1 is 1.00 bits per heavy atom. The third kappa shape index (κ3) is 5.08. The Hall–Kier alpha value is -3.45. The lowest BCUT2D eigenvalue weighted by atomic mass is 10.0. The van der Waals surface area contributed by atoms with E-state index in [1.807, 2.05) is 36.4 Å². The number of rotatable bonds is 5. The summed E-state index contributed by atoms with van der Waals surface area (Å²) in [6, 6.07) is 11.8. The molecule has 3 rings (SSSR count). The molecule has 1 aromatic heterocycles. The van der Waals surface area contributed by atoms with Gasteiger partial charge in [0.25, 0.3) is 0 Å². The highest BCUT2D eigenvalue weighted by Gasteiger charge is 2.12. The molecule has 4 N–H and O–H groups in total. The van der Waals surface area contributed by atoms with Crippen molar-refractivity contribution in [1.82, 2.24) is 4.57 Å². The van der Waals surface area contributed by atoms with Gasteiger partial charge in [-0.05, 0) is 56.1 Å². The number of fused-ring (bicyclic) bond motifs is 2. The molecule has 29 heavy (non-hydrogen) atoms. The van der Waals surface area contributed by atoms with Gasteiger partial charge >= 0.3 is 11.9 Å². The van der Waals surface area contributed by atoms with Crippen LogP contribution >= 0.6 is 0 Å². The van der Waals surface area contributed by atoms with Crippen LogP contribution in [0.2, 0.25) is 0 Å². The number of aliphatic carboxylic acids is 2. The number of nitrogens with zero attached hydrogens (tertiary/aromatic N) is 1. The van der Waals surface area contributed by atoms with Gasteiger partial charge in [-0.2, -0.15) is 0 Å². The first kappa shape index (κ1) is 21.8. The van der Waals surface area contributed by atoms with Crippen molar-refractivity contribution in [3.8, 4) is 0 Å². The van der Waals surface area contributed by atoms with E-state index in [-0.39, 0.29) is 5.43 Å². The van der Waals surface area contributed by atoms with Crippen molar-refractivity contribution in [3.05, 3.63) is 69.9 Å². The minimum atomic E-state index is -1.26. The SMILES string of the molecule is Cc1ccc2c(=O)c3ccccc3n(CCCN)c2c1C.O=C(O)/C=C\C(=O)O. The molecule has 7 nitrogen and oxygen atoms in total. The fraction of sp³-hybridized carbons (Fsp3) is 0.227. The number of carboxylic acid groups (broad SMARTS) is 2. The zero-order valence-electron chi connectivity index (χ0n) is 16.4. The van der Waals surface area contributed by atoms with Gasteiger partial charge in [-0.25, -0.2) is 9.59 Å². The van der Waals surface area contributed by atoms with Crippen LogP contribution in [0.5, 0.6) is 0 Å². The Bertz CT molecular complexity index is 1130. The lowest BCUT2D eigenvalue weighted by molar-refractivity contribution is -0.134. The van der Waals surface area contributed by atoms with E-state index in [1.165, 1.54) is 11.1 Å². The van der Waals surface area contributed by atoms with E-state index in [9.17, 15) is 14.4 Å². The lowest BCUT2D eigenvalue weighted by Crippen LogP contribution is -2.14. The second kappa shape index (κ2) is 9.66. The van der Waals surface area contributed by atoms with Crippen LogP contribution in [-0.4, -0.2) is 33.3 Å². The number of benzene rings is 2. The Kier molecular flexibility index (Phi) is 7.27. The van der Waals surface area contributed by atoms with Crippen molar-refractivity contribution in [1.29, 1.82) is 0 Å². The highest BCUT2D eigenvalue weighted by molar-refractivity contribution is 5.95. The molecular weight excluding hydrogens is 372 g/mol. The number of pyridine rings is 1. The predicted octanol–water partition coefficient (Wildman–Crippen LogP) is 2.83. The molecule has 3 aromatic rings. The van der Waals surface area contributed by atoms with E-state index in [4.69, 9.17) is 15.9 Å². The molecule has 0 fully saturated rings. The van der Waals surface area contributed by atoms with Crippen LogP contribution in [0.1, 0.15) is 17.5 Å². The molecule has 0 unspecified atom stereocenters. The van der Waals surface area contributed by atoms with Crippen LogP contribution < -0.4 is 11.2 Å². The molecule has 0 saturated heterocycles. The Labute approximate surface area is 167 Å². The summed E-state index contributed by atoms with van der Waals surface area (Å²) >= 11 is 0. The van der Waals surface area contributed by atoms with Gasteiger partial charge in [-0.3, -0.25) is 4.79 Å². The van der Waals surface area contributed by atoms with Gasteiger partial charge in [0.1, 0.15) is 0 Å². The predicted molar refractivity (Wildman–Crippen MR) is 113 cm³/mol. The largest absolute Gasteiger partial charge is 0.478 e. The summed E-state index contributed by atoms with van der Waals surface area (Å²) in [6.07, 6.45) is 2.01. The van der Waals surface area contributed by atoms with Crippen LogP contribution in [0.3, 0.4) is 0 Å². The maximum absolute atomic E-state index is 12.7. The number of aromatic nitrogens is 1. The van der Waals surface area contributed by atoms with Gasteiger partial charge < -0.3 is 20.5 Å². The zero-order valence-corrected chi connectivity index (χ0v) is 16.4. The third-order valence-electron chi connectivity index (χ3n) is 4.61. The number of carboxylic acids is 2. The molecule has 152 valence electrons. The Morgan fingerprint density at radius 2 is 1.62 bits per heavy atom. The second-order valence-electron chi connectivity index (χ2n) is 6.55. The molecule has 0 saturated carbocycles. The van der Waals surface area contributed by atoms with E-state index in [0.717, 1.165) is 34.8 Å². The Morgan fingerprint density at radius 3 is 2.21 bits per heavy atom. The van der Waals surface area contributed by atoms with Gasteiger partial charge in [0, 0.05) is 29.5 Å². The van der Waals surface area contributed by atoms with E-state index in [0.29, 0.717) is 18.7 Å². The highest BCUT2D eigenvalue weighted by atomic mass is 16.4. The smallest absolute Gasteiger partial charge is 0.328 e. The molecule has 2 aromatic carbocycles. The van der Waals surface area contributed by atoms with Crippen molar-refractivity contribution in [3.63, 3.8) is 0 Å². The van der Waals surface area contributed by atoms with Gasteiger partial charge in [-0.15, -0.1) is 0 Å². The lowest BCUT2D eigenvalue weighted by Gasteiger charge is -2.17. The fourth-order valence-electron chi connectivity index (χ4n) is 3.12. The molecule has 1 heterocycles. The molecule has 0 aliphatic rings. The molecule has 0 aliphatic heterocycles. The van der Waals surface area contributed by atoms with E-state index in [1.54, 1.807) is 0 Å². The van der Waals surface area contributed by atoms with Crippen molar-refractivity contribution >= 4 is 33.7 Å². The first-order chi connectivity index (χ1) is 13.8. The molecule has 0 radical (unpaired) electrons. The molecule has 7 heteroatoms. The average Bonchev–Trinajstić information content (AvgIpc) is 2.69. The van der Waals surface area contributed by atoms with Crippen LogP contribution in [0, 0.1) is 13.8 Å². The maximum atomic E-state index is 12.7. The molecule has 0 atom stereocenters. The minimum Gasteiger partial charge on any atom is -0.478 e. The van der Waals surface area contributed by atoms with Gasteiger partial charge in [0.15, 0.2) is 5.43 Å². The monoisotopic (exact) mass is 396 g/mol. The Balaban J connectivity index is 0.000000321. The second-order valence-corrected chi connectivity index (χ2v) is 6.55. The summed E-state index contributed by atoms with van der Waals surface area (Å²) in [6.45, 7) is 5.65. The van der Waals surface area contributed by atoms with E-state index < -0.39 is 11.9 Å².